The molecule has 1 aromatic heterocycles. The molecule has 9 nitrogen and oxygen atoms in total. The van der Waals surface area contributed by atoms with Crippen molar-refractivity contribution >= 4 is 17.6 Å². The van der Waals surface area contributed by atoms with Crippen LogP contribution in [0.2, 0.25) is 0 Å². The SMILES string of the molecule is O=C1CC(c2c(O)[nH]c(=O)[nH]c2=O)=NC(=O)N1. The highest BCUT2D eigenvalue weighted by Gasteiger charge is 2.24. The molecule has 17 heavy (non-hydrogen) atoms. The third-order valence-electron chi connectivity index (χ3n) is 2.02. The average Bonchev–Trinajstić information content (AvgIpc) is 2.13. The maximum absolute atomic E-state index is 11.4. The van der Waals surface area contributed by atoms with Crippen LogP contribution in [-0.4, -0.2) is 32.7 Å². The number of imide groups is 1. The summed E-state index contributed by atoms with van der Waals surface area (Å²) >= 11 is 0. The Morgan fingerprint density at radius 2 is 1.82 bits per heavy atom. The van der Waals surface area contributed by atoms with Crippen molar-refractivity contribution in [2.45, 2.75) is 6.42 Å². The van der Waals surface area contributed by atoms with E-state index in [2.05, 4.69) is 4.99 Å². The fourth-order valence-corrected chi connectivity index (χ4v) is 1.39. The van der Waals surface area contributed by atoms with E-state index in [4.69, 9.17) is 0 Å². The number of carbonyl (C=O) groups is 2. The molecule has 4 N–H and O–H groups in total. The third-order valence-corrected chi connectivity index (χ3v) is 2.02. The number of aromatic nitrogens is 2. The van der Waals surface area contributed by atoms with Gasteiger partial charge >= 0.3 is 11.7 Å². The number of urea groups is 1. The highest BCUT2D eigenvalue weighted by molar-refractivity contribution is 6.20. The van der Waals surface area contributed by atoms with Gasteiger partial charge in [-0.3, -0.25) is 24.9 Å². The van der Waals surface area contributed by atoms with Crippen molar-refractivity contribution in [1.29, 1.82) is 0 Å². The van der Waals surface area contributed by atoms with Gasteiger partial charge in [0.05, 0.1) is 12.1 Å². The minimum Gasteiger partial charge on any atom is -0.494 e. The van der Waals surface area contributed by atoms with Crippen LogP contribution in [0.4, 0.5) is 4.79 Å². The topological polar surface area (TPSA) is 144 Å². The first kappa shape index (κ1) is 10.8. The number of hydrogen-bond acceptors (Lipinski definition) is 5. The van der Waals surface area contributed by atoms with Crippen LogP contribution in [0.15, 0.2) is 14.6 Å². The zero-order chi connectivity index (χ0) is 12.6. The van der Waals surface area contributed by atoms with Gasteiger partial charge in [0.1, 0.15) is 5.56 Å². The second-order valence-corrected chi connectivity index (χ2v) is 3.22. The van der Waals surface area contributed by atoms with E-state index in [1.807, 2.05) is 15.3 Å². The predicted octanol–water partition coefficient (Wildman–Crippen LogP) is -1.80. The Labute approximate surface area is 92.2 Å². The zero-order valence-electron chi connectivity index (χ0n) is 8.23. The van der Waals surface area contributed by atoms with Gasteiger partial charge in [-0.1, -0.05) is 0 Å². The fourth-order valence-electron chi connectivity index (χ4n) is 1.39. The first-order valence-electron chi connectivity index (χ1n) is 4.44. The summed E-state index contributed by atoms with van der Waals surface area (Å²) in [6, 6.07) is -0.929. The molecular weight excluding hydrogens is 232 g/mol. The molecule has 0 aromatic carbocycles. The van der Waals surface area contributed by atoms with Gasteiger partial charge in [0, 0.05) is 0 Å². The van der Waals surface area contributed by atoms with Crippen molar-refractivity contribution in [3.63, 3.8) is 0 Å². The minimum absolute atomic E-state index is 0.200. The Balaban J connectivity index is 2.63. The van der Waals surface area contributed by atoms with Crippen LogP contribution in [0.1, 0.15) is 12.0 Å². The Hall–Kier alpha value is -2.71. The molecule has 0 saturated carbocycles. The minimum atomic E-state index is -0.929. The van der Waals surface area contributed by atoms with Crippen molar-refractivity contribution in [3.8, 4) is 5.88 Å². The van der Waals surface area contributed by atoms with Crippen LogP contribution < -0.4 is 16.6 Å². The number of amides is 3. The number of aliphatic imine (C=N–C) groups is 1. The largest absolute Gasteiger partial charge is 0.494 e. The molecule has 3 amide bonds. The molecule has 1 aliphatic heterocycles. The summed E-state index contributed by atoms with van der Waals surface area (Å²) in [4.78, 5) is 51.4. The molecule has 0 atom stereocenters. The second-order valence-electron chi connectivity index (χ2n) is 3.22. The number of H-pyrrole nitrogens is 2. The summed E-state index contributed by atoms with van der Waals surface area (Å²) in [6.45, 7) is 0. The smallest absolute Gasteiger partial charge is 0.347 e. The molecule has 1 aromatic rings. The number of aromatic amines is 2. The van der Waals surface area contributed by atoms with E-state index >= 15 is 0 Å². The van der Waals surface area contributed by atoms with Gasteiger partial charge in [0.2, 0.25) is 11.8 Å². The van der Waals surface area contributed by atoms with E-state index in [0.717, 1.165) is 0 Å². The predicted molar refractivity (Wildman–Crippen MR) is 54.0 cm³/mol. The molecule has 1 aliphatic rings. The van der Waals surface area contributed by atoms with E-state index in [0.29, 0.717) is 0 Å². The monoisotopic (exact) mass is 238 g/mol. The number of nitrogens with one attached hydrogen (secondary N) is 3. The van der Waals surface area contributed by atoms with Crippen LogP contribution in [0.3, 0.4) is 0 Å². The Morgan fingerprint density at radius 1 is 1.12 bits per heavy atom. The van der Waals surface area contributed by atoms with Crippen molar-refractivity contribution in [1.82, 2.24) is 15.3 Å². The fraction of sp³-hybridized carbons (Fsp3) is 0.125. The van der Waals surface area contributed by atoms with Gasteiger partial charge in [-0.15, -0.1) is 0 Å². The second kappa shape index (κ2) is 3.70. The lowest BCUT2D eigenvalue weighted by atomic mass is 10.1. The Bertz CT molecular complexity index is 653. The zero-order valence-corrected chi connectivity index (χ0v) is 8.23. The lowest BCUT2D eigenvalue weighted by Crippen LogP contribution is -2.38. The standard InChI is InChI=1S/C8H6N4O5/c13-3-1-2(9-7(16)10-3)4-5(14)11-8(17)12-6(4)15/h1H2,(H,10,13,16)(H3,11,12,14,15,17). The quantitative estimate of drug-likeness (QED) is 0.456. The van der Waals surface area contributed by atoms with Crippen LogP contribution in [0, 0.1) is 0 Å². The van der Waals surface area contributed by atoms with Crippen molar-refractivity contribution < 1.29 is 14.7 Å². The van der Waals surface area contributed by atoms with Gasteiger partial charge in [-0.05, 0) is 0 Å². The van der Waals surface area contributed by atoms with Crippen LogP contribution in [0.5, 0.6) is 5.88 Å². The summed E-state index contributed by atoms with van der Waals surface area (Å²) in [7, 11) is 0. The molecule has 0 unspecified atom stereocenters. The van der Waals surface area contributed by atoms with Crippen LogP contribution in [-0.2, 0) is 4.79 Å². The van der Waals surface area contributed by atoms with E-state index < -0.39 is 34.6 Å². The molecule has 0 fully saturated rings. The van der Waals surface area contributed by atoms with Crippen molar-refractivity contribution in [2.75, 3.05) is 0 Å². The molecule has 9 heteroatoms. The van der Waals surface area contributed by atoms with E-state index in [1.165, 1.54) is 0 Å². The lowest BCUT2D eigenvalue weighted by Gasteiger charge is -2.10. The summed E-state index contributed by atoms with van der Waals surface area (Å²) in [5, 5.41) is 11.3. The van der Waals surface area contributed by atoms with Gasteiger partial charge in [-0.2, -0.15) is 4.99 Å². The molecule has 2 rings (SSSR count). The molecule has 0 aliphatic carbocycles. The first-order valence-corrected chi connectivity index (χ1v) is 4.44. The summed E-state index contributed by atoms with van der Waals surface area (Å²) in [5.74, 6) is -1.38. The molecule has 0 saturated heterocycles. The molecule has 0 spiro atoms. The van der Waals surface area contributed by atoms with E-state index in [1.54, 1.807) is 0 Å². The molecule has 0 radical (unpaired) electrons. The number of hydrogen-bond donors (Lipinski definition) is 4. The summed E-state index contributed by atoms with van der Waals surface area (Å²) in [6.07, 6.45) is -0.339. The molecule has 88 valence electrons. The van der Waals surface area contributed by atoms with Gasteiger partial charge in [-0.25, -0.2) is 9.59 Å². The number of aromatic hydroxyl groups is 1. The van der Waals surface area contributed by atoms with Gasteiger partial charge < -0.3 is 5.11 Å². The van der Waals surface area contributed by atoms with Crippen molar-refractivity contribution in [2.24, 2.45) is 4.99 Å². The molecule has 0 bridgehead atoms. The Kier molecular flexibility index (Phi) is 2.35. The molecule has 2 heterocycles. The lowest BCUT2D eigenvalue weighted by molar-refractivity contribution is -0.118. The normalized spacial score (nSPS) is 15.4. The third kappa shape index (κ3) is 1.97. The maximum Gasteiger partial charge on any atom is 0.347 e. The van der Waals surface area contributed by atoms with E-state index in [9.17, 15) is 24.3 Å². The number of nitrogens with zero attached hydrogens (tertiary/aromatic N) is 1. The van der Waals surface area contributed by atoms with Crippen LogP contribution in [0.25, 0.3) is 0 Å². The number of rotatable bonds is 1. The maximum atomic E-state index is 11.4. The Morgan fingerprint density at radius 3 is 2.41 bits per heavy atom. The summed E-state index contributed by atoms with van der Waals surface area (Å²) < 4.78 is 0. The van der Waals surface area contributed by atoms with Crippen molar-refractivity contribution in [3.05, 3.63) is 26.4 Å². The first-order chi connectivity index (χ1) is 7.97. The van der Waals surface area contributed by atoms with E-state index in [-0.39, 0.29) is 12.1 Å². The van der Waals surface area contributed by atoms with Gasteiger partial charge in [0.15, 0.2) is 0 Å². The number of carbonyl (C=O) groups excluding carboxylic acids is 2. The average molecular weight is 238 g/mol. The molecular formula is C8H6N4O5. The van der Waals surface area contributed by atoms with Gasteiger partial charge in [0.25, 0.3) is 5.56 Å². The van der Waals surface area contributed by atoms with Crippen LogP contribution >= 0.6 is 0 Å². The highest BCUT2D eigenvalue weighted by Crippen LogP contribution is 2.11. The highest BCUT2D eigenvalue weighted by atomic mass is 16.3. The summed E-state index contributed by atoms with van der Waals surface area (Å²) in [5.41, 5.74) is -2.42.